The largest absolute Gasteiger partial charge is 0.496 e. The van der Waals surface area contributed by atoms with Crippen LogP contribution in [0.3, 0.4) is 0 Å². The summed E-state index contributed by atoms with van der Waals surface area (Å²) in [6.45, 7) is 5.79. The fourth-order valence-corrected chi connectivity index (χ4v) is 2.75. The first-order valence-electron chi connectivity index (χ1n) is 8.19. The van der Waals surface area contributed by atoms with E-state index in [-0.39, 0.29) is 5.91 Å². The van der Waals surface area contributed by atoms with Crippen LogP contribution in [0.15, 0.2) is 23.9 Å². The number of hydrogen-bond acceptors (Lipinski definition) is 4. The van der Waals surface area contributed by atoms with E-state index >= 15 is 0 Å². The summed E-state index contributed by atoms with van der Waals surface area (Å²) in [5, 5.41) is 3.48. The number of nitrogens with one attached hydrogen (secondary N) is 1. The molecular weight excluding hydrogens is 324 g/mol. The molecular formula is C18H24N2O3S. The first kappa shape index (κ1) is 18.4. The van der Waals surface area contributed by atoms with E-state index in [4.69, 9.17) is 21.7 Å². The third-order valence-electron chi connectivity index (χ3n) is 3.77. The summed E-state index contributed by atoms with van der Waals surface area (Å²) in [6, 6.07) is 5.76. The molecule has 1 aliphatic heterocycles. The second-order valence-electron chi connectivity index (χ2n) is 5.51. The molecule has 1 aromatic carbocycles. The number of carbonyl (C=O) groups excluding carboxylic acids is 1. The van der Waals surface area contributed by atoms with Crippen LogP contribution in [-0.2, 0) is 16.1 Å². The van der Waals surface area contributed by atoms with Gasteiger partial charge in [0.1, 0.15) is 11.4 Å². The number of amides is 1. The number of hydrogen-bond donors (Lipinski definition) is 1. The van der Waals surface area contributed by atoms with Crippen molar-refractivity contribution in [2.45, 2.75) is 33.3 Å². The molecule has 1 amide bonds. The normalized spacial score (nSPS) is 16.0. The van der Waals surface area contributed by atoms with E-state index < -0.39 is 0 Å². The van der Waals surface area contributed by atoms with Crippen molar-refractivity contribution in [1.82, 2.24) is 10.2 Å². The summed E-state index contributed by atoms with van der Waals surface area (Å²) >= 11 is 5.26. The third kappa shape index (κ3) is 4.33. The molecule has 0 saturated carbocycles. The molecule has 1 aromatic rings. The molecule has 24 heavy (non-hydrogen) atoms. The van der Waals surface area contributed by atoms with E-state index in [1.165, 1.54) is 0 Å². The van der Waals surface area contributed by atoms with Crippen LogP contribution in [0.1, 0.15) is 37.8 Å². The van der Waals surface area contributed by atoms with Crippen LogP contribution in [0, 0.1) is 0 Å². The molecule has 0 aromatic heterocycles. The number of nitrogens with zero attached hydrogens (tertiary/aromatic N) is 1. The lowest BCUT2D eigenvalue weighted by atomic mass is 10.1. The lowest BCUT2D eigenvalue weighted by Crippen LogP contribution is -2.31. The third-order valence-corrected chi connectivity index (χ3v) is 4.10. The van der Waals surface area contributed by atoms with Gasteiger partial charge in [0.2, 0.25) is 0 Å². The van der Waals surface area contributed by atoms with Gasteiger partial charge in [-0.15, -0.1) is 0 Å². The predicted molar refractivity (Wildman–Crippen MR) is 98.7 cm³/mol. The zero-order valence-electron chi connectivity index (χ0n) is 14.4. The van der Waals surface area contributed by atoms with Crippen molar-refractivity contribution in [2.24, 2.45) is 0 Å². The summed E-state index contributed by atoms with van der Waals surface area (Å²) in [5.41, 5.74) is 2.36. The number of rotatable bonds is 8. The Hall–Kier alpha value is -1.92. The number of methoxy groups -OCH3 is 1. The standard InChI is InChI=1S/C18H24N2O3S/c1-4-6-9-20-17(21)15(19-18(20)24)11-13-7-8-16(22-3)14(10-13)12-23-5-2/h7-8,10-11H,4-6,9,12H2,1-3H3,(H,19,24)/b15-11+. The Morgan fingerprint density at radius 3 is 2.79 bits per heavy atom. The minimum absolute atomic E-state index is 0.0735. The quantitative estimate of drug-likeness (QED) is 0.578. The van der Waals surface area contributed by atoms with Crippen LogP contribution in [0.25, 0.3) is 6.08 Å². The van der Waals surface area contributed by atoms with Crippen molar-refractivity contribution in [1.29, 1.82) is 0 Å². The highest BCUT2D eigenvalue weighted by atomic mass is 32.1. The minimum atomic E-state index is -0.0735. The number of thiocarbonyl (C=S) groups is 1. The molecule has 1 fully saturated rings. The van der Waals surface area contributed by atoms with Gasteiger partial charge in [-0.1, -0.05) is 19.4 Å². The molecule has 0 spiro atoms. The van der Waals surface area contributed by atoms with Crippen LogP contribution < -0.4 is 10.1 Å². The highest BCUT2D eigenvalue weighted by Crippen LogP contribution is 2.23. The summed E-state index contributed by atoms with van der Waals surface area (Å²) in [7, 11) is 1.63. The minimum Gasteiger partial charge on any atom is -0.496 e. The molecule has 130 valence electrons. The van der Waals surface area contributed by atoms with Crippen LogP contribution in [0.4, 0.5) is 0 Å². The van der Waals surface area contributed by atoms with E-state index in [1.807, 2.05) is 31.2 Å². The Bertz CT molecular complexity index is 643. The van der Waals surface area contributed by atoms with Crippen LogP contribution in [-0.4, -0.2) is 36.2 Å². The highest BCUT2D eigenvalue weighted by Gasteiger charge is 2.29. The van der Waals surface area contributed by atoms with Crippen molar-refractivity contribution in [3.63, 3.8) is 0 Å². The summed E-state index contributed by atoms with van der Waals surface area (Å²) in [5.74, 6) is 0.701. The van der Waals surface area contributed by atoms with Crippen molar-refractivity contribution in [3.8, 4) is 5.75 Å². The Labute approximate surface area is 148 Å². The van der Waals surface area contributed by atoms with E-state index in [9.17, 15) is 4.79 Å². The van der Waals surface area contributed by atoms with Crippen LogP contribution in [0.2, 0.25) is 0 Å². The molecule has 0 aliphatic carbocycles. The highest BCUT2D eigenvalue weighted by molar-refractivity contribution is 7.80. The molecule has 1 N–H and O–H groups in total. The molecule has 1 saturated heterocycles. The number of benzene rings is 1. The Kier molecular flexibility index (Phi) is 6.75. The molecule has 0 radical (unpaired) electrons. The van der Waals surface area contributed by atoms with Crippen LogP contribution >= 0.6 is 12.2 Å². The molecule has 6 heteroatoms. The van der Waals surface area contributed by atoms with Gasteiger partial charge >= 0.3 is 0 Å². The first-order chi connectivity index (χ1) is 11.6. The first-order valence-corrected chi connectivity index (χ1v) is 8.60. The van der Waals surface area contributed by atoms with E-state index in [2.05, 4.69) is 12.2 Å². The number of ether oxygens (including phenoxy) is 2. The smallest absolute Gasteiger partial charge is 0.276 e. The number of unbranched alkanes of at least 4 members (excludes halogenated alkanes) is 1. The molecule has 2 rings (SSSR count). The second-order valence-corrected chi connectivity index (χ2v) is 5.89. The van der Waals surface area contributed by atoms with E-state index in [1.54, 1.807) is 12.0 Å². The van der Waals surface area contributed by atoms with Gasteiger partial charge < -0.3 is 14.8 Å². The number of carbonyl (C=O) groups is 1. The molecule has 0 bridgehead atoms. The summed E-state index contributed by atoms with van der Waals surface area (Å²) in [6.07, 6.45) is 3.77. The lowest BCUT2D eigenvalue weighted by molar-refractivity contribution is -0.122. The Morgan fingerprint density at radius 1 is 1.33 bits per heavy atom. The average Bonchev–Trinajstić information content (AvgIpc) is 2.85. The van der Waals surface area contributed by atoms with Crippen molar-refractivity contribution in [3.05, 3.63) is 35.0 Å². The zero-order chi connectivity index (χ0) is 17.5. The Morgan fingerprint density at radius 2 is 2.12 bits per heavy atom. The maximum absolute atomic E-state index is 12.5. The van der Waals surface area contributed by atoms with Crippen molar-refractivity contribution < 1.29 is 14.3 Å². The van der Waals surface area contributed by atoms with Gasteiger partial charge in [-0.25, -0.2) is 0 Å². The molecule has 0 unspecified atom stereocenters. The lowest BCUT2D eigenvalue weighted by Gasteiger charge is -2.12. The van der Waals surface area contributed by atoms with Gasteiger partial charge in [0, 0.05) is 18.7 Å². The molecule has 1 aliphatic rings. The summed E-state index contributed by atoms with van der Waals surface area (Å²) in [4.78, 5) is 14.1. The van der Waals surface area contributed by atoms with Gasteiger partial charge in [-0.3, -0.25) is 9.69 Å². The zero-order valence-corrected chi connectivity index (χ0v) is 15.2. The van der Waals surface area contributed by atoms with Gasteiger partial charge in [-0.05, 0) is 49.3 Å². The monoisotopic (exact) mass is 348 g/mol. The van der Waals surface area contributed by atoms with E-state index in [0.717, 1.165) is 29.7 Å². The van der Waals surface area contributed by atoms with Crippen molar-refractivity contribution >= 4 is 29.3 Å². The molecule has 5 nitrogen and oxygen atoms in total. The molecule has 0 atom stereocenters. The maximum atomic E-state index is 12.5. The molecule has 1 heterocycles. The summed E-state index contributed by atoms with van der Waals surface area (Å²) < 4.78 is 10.8. The fraction of sp³-hybridized carbons (Fsp3) is 0.444. The Balaban J connectivity index is 2.21. The fourth-order valence-electron chi connectivity index (χ4n) is 2.47. The predicted octanol–water partition coefficient (Wildman–Crippen LogP) is 3.09. The maximum Gasteiger partial charge on any atom is 0.276 e. The van der Waals surface area contributed by atoms with Crippen LogP contribution in [0.5, 0.6) is 5.75 Å². The topological polar surface area (TPSA) is 50.8 Å². The van der Waals surface area contributed by atoms with Gasteiger partial charge in [0.05, 0.1) is 13.7 Å². The van der Waals surface area contributed by atoms with Gasteiger partial charge in [0.25, 0.3) is 5.91 Å². The second kappa shape index (κ2) is 8.80. The average molecular weight is 348 g/mol. The van der Waals surface area contributed by atoms with Gasteiger partial charge in [-0.2, -0.15) is 0 Å². The SMILES string of the molecule is CCCCN1C(=O)/C(=C\c2ccc(OC)c(COCC)c2)NC1=S. The van der Waals surface area contributed by atoms with Gasteiger partial charge in [0.15, 0.2) is 5.11 Å². The van der Waals surface area contributed by atoms with Crippen molar-refractivity contribution in [2.75, 3.05) is 20.3 Å². The van der Waals surface area contributed by atoms with E-state index in [0.29, 0.717) is 30.6 Å².